The zero-order valence-electron chi connectivity index (χ0n) is 9.20. The number of hydrogen-bond donors (Lipinski definition) is 2. The lowest BCUT2D eigenvalue weighted by Gasteiger charge is -2.05. The van der Waals surface area contributed by atoms with Gasteiger partial charge in [0.1, 0.15) is 0 Å². The second kappa shape index (κ2) is 4.69. The minimum Gasteiger partial charge on any atom is -0.475 e. The molecule has 9 heteroatoms. The summed E-state index contributed by atoms with van der Waals surface area (Å²) in [7, 11) is -4.20. The summed E-state index contributed by atoms with van der Waals surface area (Å²) in [6.45, 7) is 0. The third kappa shape index (κ3) is 2.71. The van der Waals surface area contributed by atoms with E-state index in [0.717, 1.165) is 24.4 Å². The van der Waals surface area contributed by atoms with Gasteiger partial charge >= 0.3 is 5.97 Å². The highest BCUT2D eigenvalue weighted by atomic mass is 32.2. The molecule has 100 valence electrons. The van der Waals surface area contributed by atoms with Crippen LogP contribution in [0.3, 0.4) is 0 Å². The molecule has 0 unspecified atom stereocenters. The molecule has 0 saturated heterocycles. The van der Waals surface area contributed by atoms with Crippen LogP contribution in [0.15, 0.2) is 40.1 Å². The maximum atomic E-state index is 13.3. The second-order valence-corrected chi connectivity index (χ2v) is 5.00. The van der Waals surface area contributed by atoms with Crippen molar-refractivity contribution in [2.24, 2.45) is 0 Å². The lowest BCUT2D eigenvalue weighted by molar-refractivity contribution is 0.0656. The molecule has 0 aromatic carbocycles. The number of carboxylic acid groups (broad SMARTS) is 1. The van der Waals surface area contributed by atoms with E-state index in [4.69, 9.17) is 5.11 Å². The lowest BCUT2D eigenvalue weighted by Crippen LogP contribution is -2.13. The number of carbonyl (C=O) groups is 1. The molecule has 0 aliphatic heterocycles. The predicted octanol–water partition coefficient (Wildman–Crippen LogP) is 1.31. The Morgan fingerprint density at radius 1 is 1.37 bits per heavy atom. The molecule has 0 aliphatic carbocycles. The topological polar surface area (TPSA) is 110 Å². The molecule has 0 amide bonds. The summed E-state index contributed by atoms with van der Waals surface area (Å²) in [6.07, 6.45) is 2.04. The van der Waals surface area contributed by atoms with Crippen molar-refractivity contribution in [3.05, 3.63) is 42.2 Å². The van der Waals surface area contributed by atoms with E-state index in [2.05, 4.69) is 9.40 Å². The van der Waals surface area contributed by atoms with Crippen molar-refractivity contribution in [3.8, 4) is 0 Å². The molecule has 7 nitrogen and oxygen atoms in total. The van der Waals surface area contributed by atoms with Crippen molar-refractivity contribution in [2.75, 3.05) is 4.72 Å². The van der Waals surface area contributed by atoms with E-state index < -0.39 is 32.7 Å². The van der Waals surface area contributed by atoms with Crippen LogP contribution in [-0.4, -0.2) is 24.5 Å². The van der Waals surface area contributed by atoms with Crippen LogP contribution < -0.4 is 4.72 Å². The van der Waals surface area contributed by atoms with E-state index in [1.54, 1.807) is 0 Å². The molecule has 0 saturated carbocycles. The third-order valence-electron chi connectivity index (χ3n) is 2.07. The molecule has 0 spiro atoms. The quantitative estimate of drug-likeness (QED) is 0.877. The van der Waals surface area contributed by atoms with Crippen LogP contribution >= 0.6 is 0 Å². The number of hydrogen-bond acceptors (Lipinski definition) is 5. The number of carboxylic acids is 1. The lowest BCUT2D eigenvalue weighted by atomic mass is 10.4. The van der Waals surface area contributed by atoms with Gasteiger partial charge in [0.15, 0.2) is 5.82 Å². The smallest absolute Gasteiger partial charge is 0.371 e. The Labute approximate surface area is 106 Å². The monoisotopic (exact) mass is 286 g/mol. The summed E-state index contributed by atoms with van der Waals surface area (Å²) in [5, 5.41) is 8.00. The fourth-order valence-electron chi connectivity index (χ4n) is 1.23. The molecule has 19 heavy (non-hydrogen) atoms. The predicted molar refractivity (Wildman–Crippen MR) is 60.7 cm³/mol. The fraction of sp³-hybridized carbons (Fsp3) is 0. The zero-order valence-corrected chi connectivity index (χ0v) is 10.0. The van der Waals surface area contributed by atoms with E-state index in [9.17, 15) is 17.6 Å². The van der Waals surface area contributed by atoms with E-state index in [1.165, 1.54) is 6.20 Å². The Balaban J connectivity index is 2.32. The van der Waals surface area contributed by atoms with Crippen LogP contribution in [0, 0.1) is 5.82 Å². The molecule has 0 aliphatic rings. The Kier molecular flexibility index (Phi) is 3.21. The van der Waals surface area contributed by atoms with E-state index in [0.29, 0.717) is 0 Å². The second-order valence-electron chi connectivity index (χ2n) is 3.38. The summed E-state index contributed by atoms with van der Waals surface area (Å²) in [5.74, 6) is -2.80. The molecule has 2 heterocycles. The molecular formula is C10H7FN2O5S. The Bertz CT molecular complexity index is 725. The molecule has 2 N–H and O–H groups in total. The number of nitrogens with zero attached hydrogens (tertiary/aromatic N) is 1. The largest absolute Gasteiger partial charge is 0.475 e. The van der Waals surface area contributed by atoms with Crippen molar-refractivity contribution < 1.29 is 27.1 Å². The van der Waals surface area contributed by atoms with Gasteiger partial charge in [-0.2, -0.15) is 8.42 Å². The van der Waals surface area contributed by atoms with Gasteiger partial charge in [0.25, 0.3) is 10.0 Å². The number of pyridine rings is 1. The van der Waals surface area contributed by atoms with Crippen molar-refractivity contribution in [2.45, 2.75) is 5.09 Å². The van der Waals surface area contributed by atoms with Crippen LogP contribution in [0.2, 0.25) is 0 Å². The van der Waals surface area contributed by atoms with Crippen molar-refractivity contribution in [1.82, 2.24) is 4.98 Å². The van der Waals surface area contributed by atoms with Gasteiger partial charge in [0.05, 0.1) is 11.9 Å². The van der Waals surface area contributed by atoms with Crippen molar-refractivity contribution in [1.29, 1.82) is 0 Å². The van der Waals surface area contributed by atoms with E-state index >= 15 is 0 Å². The first-order valence-corrected chi connectivity index (χ1v) is 6.34. The molecule has 2 rings (SSSR count). The summed E-state index contributed by atoms with van der Waals surface area (Å²) >= 11 is 0. The Morgan fingerprint density at radius 2 is 2.11 bits per heavy atom. The average molecular weight is 286 g/mol. The SMILES string of the molecule is O=C(O)c1ccc(S(=O)(=O)Nc2ccncc2F)o1. The van der Waals surface area contributed by atoms with E-state index in [1.807, 2.05) is 4.72 Å². The third-order valence-corrected chi connectivity index (χ3v) is 3.31. The molecule has 0 bridgehead atoms. The van der Waals surface area contributed by atoms with Crippen molar-refractivity contribution >= 4 is 21.7 Å². The van der Waals surface area contributed by atoms with Gasteiger partial charge in [-0.25, -0.2) is 9.18 Å². The summed E-state index contributed by atoms with van der Waals surface area (Å²) in [5.41, 5.74) is -0.316. The number of sulfonamides is 1. The van der Waals surface area contributed by atoms with Crippen LogP contribution in [0.25, 0.3) is 0 Å². The standard InChI is InChI=1S/C10H7FN2O5S/c11-6-5-12-4-3-7(6)13-19(16,17)9-2-1-8(18-9)10(14)15/h1-5H,(H,12,13)(H,14,15). The van der Waals surface area contributed by atoms with Gasteiger partial charge in [-0.1, -0.05) is 0 Å². The minimum absolute atomic E-state index is 0.316. The summed E-state index contributed by atoms with van der Waals surface area (Å²) < 4.78 is 43.4. The number of aromatic nitrogens is 1. The van der Waals surface area contributed by atoms with Crippen LogP contribution in [0.4, 0.5) is 10.1 Å². The minimum atomic E-state index is -4.20. The normalized spacial score (nSPS) is 11.2. The molecular weight excluding hydrogens is 279 g/mol. The molecule has 0 atom stereocenters. The first kappa shape index (κ1) is 13.0. The van der Waals surface area contributed by atoms with Gasteiger partial charge < -0.3 is 9.52 Å². The number of halogens is 1. The molecule has 2 aromatic heterocycles. The first-order valence-electron chi connectivity index (χ1n) is 4.85. The highest BCUT2D eigenvalue weighted by Gasteiger charge is 2.22. The van der Waals surface area contributed by atoms with Gasteiger partial charge in [0, 0.05) is 6.20 Å². The Hall–Kier alpha value is -2.42. The fourth-order valence-corrected chi connectivity index (χ4v) is 2.23. The van der Waals surface area contributed by atoms with Gasteiger partial charge in [-0.15, -0.1) is 0 Å². The molecule has 0 fully saturated rings. The highest BCUT2D eigenvalue weighted by molar-refractivity contribution is 7.92. The first-order chi connectivity index (χ1) is 8.90. The molecule has 0 radical (unpaired) electrons. The molecule has 2 aromatic rings. The van der Waals surface area contributed by atoms with Crippen LogP contribution in [0.5, 0.6) is 0 Å². The number of aromatic carboxylic acids is 1. The number of furan rings is 1. The van der Waals surface area contributed by atoms with Crippen LogP contribution in [0.1, 0.15) is 10.6 Å². The van der Waals surface area contributed by atoms with Gasteiger partial charge in [-0.05, 0) is 18.2 Å². The van der Waals surface area contributed by atoms with Gasteiger partial charge in [0.2, 0.25) is 10.9 Å². The zero-order chi connectivity index (χ0) is 14.0. The maximum Gasteiger partial charge on any atom is 0.371 e. The van der Waals surface area contributed by atoms with Gasteiger partial charge in [-0.3, -0.25) is 9.71 Å². The van der Waals surface area contributed by atoms with Crippen LogP contribution in [-0.2, 0) is 10.0 Å². The van der Waals surface area contributed by atoms with E-state index in [-0.39, 0.29) is 5.69 Å². The van der Waals surface area contributed by atoms with Crippen molar-refractivity contribution in [3.63, 3.8) is 0 Å². The number of nitrogens with one attached hydrogen (secondary N) is 1. The Morgan fingerprint density at radius 3 is 2.68 bits per heavy atom. The highest BCUT2D eigenvalue weighted by Crippen LogP contribution is 2.19. The number of anilines is 1. The summed E-state index contributed by atoms with van der Waals surface area (Å²) in [6, 6.07) is 3.07. The number of rotatable bonds is 4. The summed E-state index contributed by atoms with van der Waals surface area (Å²) in [4.78, 5) is 14.0. The average Bonchev–Trinajstić information content (AvgIpc) is 2.82. The maximum absolute atomic E-state index is 13.3.